The topological polar surface area (TPSA) is 37.4 Å². The van der Waals surface area contributed by atoms with Gasteiger partial charge in [-0.1, -0.05) is 42.5 Å². The molecule has 1 aromatic heterocycles. The molecule has 132 valence electrons. The van der Waals surface area contributed by atoms with Crippen molar-refractivity contribution in [1.82, 2.24) is 10.3 Å². The average Bonchev–Trinajstić information content (AvgIpc) is 2.72. The molecule has 3 aromatic rings. The SMILES string of the molecule is COc1ccc(/C=C/c2cc3ccccc3c(N3CCNCC3)n2)cc1. The lowest BCUT2D eigenvalue weighted by atomic mass is 10.1. The number of hydrogen-bond donors (Lipinski definition) is 1. The van der Waals surface area contributed by atoms with Gasteiger partial charge in [0.05, 0.1) is 12.8 Å². The van der Waals surface area contributed by atoms with E-state index in [4.69, 9.17) is 9.72 Å². The molecule has 1 N–H and O–H groups in total. The van der Waals surface area contributed by atoms with Crippen LogP contribution in [0.5, 0.6) is 5.75 Å². The fourth-order valence-electron chi connectivity index (χ4n) is 3.30. The number of anilines is 1. The molecule has 2 aromatic carbocycles. The highest BCUT2D eigenvalue weighted by Gasteiger charge is 2.15. The standard InChI is InChI=1S/C22H23N3O/c1-26-20-10-7-17(8-11-20)6-9-19-16-18-4-2-3-5-21(18)22(24-19)25-14-12-23-13-15-25/h2-11,16,23H,12-15H2,1H3/b9-6+. The van der Waals surface area contributed by atoms with E-state index in [1.807, 2.05) is 24.3 Å². The van der Waals surface area contributed by atoms with Gasteiger partial charge < -0.3 is 15.0 Å². The number of nitrogens with one attached hydrogen (secondary N) is 1. The first-order chi connectivity index (χ1) is 12.8. The van der Waals surface area contributed by atoms with Gasteiger partial charge in [0, 0.05) is 31.6 Å². The monoisotopic (exact) mass is 345 g/mol. The zero-order chi connectivity index (χ0) is 17.8. The predicted molar refractivity (Wildman–Crippen MR) is 109 cm³/mol. The third-order valence-corrected chi connectivity index (χ3v) is 4.72. The molecular formula is C22H23N3O. The molecule has 1 aliphatic heterocycles. The number of fused-ring (bicyclic) bond motifs is 1. The first kappa shape index (κ1) is 16.6. The molecule has 1 aliphatic rings. The summed E-state index contributed by atoms with van der Waals surface area (Å²) in [5.41, 5.74) is 2.11. The Morgan fingerprint density at radius 3 is 2.54 bits per heavy atom. The van der Waals surface area contributed by atoms with Crippen molar-refractivity contribution >= 4 is 28.7 Å². The smallest absolute Gasteiger partial charge is 0.137 e. The normalized spacial score (nSPS) is 14.9. The molecule has 4 nitrogen and oxygen atoms in total. The van der Waals surface area contributed by atoms with Crippen LogP contribution in [0.3, 0.4) is 0 Å². The van der Waals surface area contributed by atoms with Gasteiger partial charge in [-0.25, -0.2) is 4.98 Å². The molecule has 0 amide bonds. The Labute approximate surface area is 154 Å². The number of rotatable bonds is 4. The van der Waals surface area contributed by atoms with Gasteiger partial charge in [-0.2, -0.15) is 0 Å². The number of benzene rings is 2. The van der Waals surface area contributed by atoms with Gasteiger partial charge in [-0.3, -0.25) is 0 Å². The summed E-state index contributed by atoms with van der Waals surface area (Å²) in [4.78, 5) is 7.34. The summed E-state index contributed by atoms with van der Waals surface area (Å²) in [6, 6.07) is 18.7. The van der Waals surface area contributed by atoms with E-state index in [0.29, 0.717) is 0 Å². The van der Waals surface area contributed by atoms with Crippen molar-refractivity contribution < 1.29 is 4.74 Å². The van der Waals surface area contributed by atoms with E-state index in [1.54, 1.807) is 7.11 Å². The summed E-state index contributed by atoms with van der Waals surface area (Å²) < 4.78 is 5.22. The van der Waals surface area contributed by atoms with Crippen molar-refractivity contribution in [2.45, 2.75) is 0 Å². The second-order valence-electron chi connectivity index (χ2n) is 6.44. The number of aromatic nitrogens is 1. The predicted octanol–water partition coefficient (Wildman–Crippen LogP) is 3.82. The molecule has 26 heavy (non-hydrogen) atoms. The lowest BCUT2D eigenvalue weighted by Crippen LogP contribution is -2.44. The number of pyridine rings is 1. The lowest BCUT2D eigenvalue weighted by Gasteiger charge is -2.29. The van der Waals surface area contributed by atoms with Crippen LogP contribution in [0.25, 0.3) is 22.9 Å². The summed E-state index contributed by atoms with van der Waals surface area (Å²) >= 11 is 0. The highest BCUT2D eigenvalue weighted by Crippen LogP contribution is 2.27. The van der Waals surface area contributed by atoms with Crippen LogP contribution in [0.4, 0.5) is 5.82 Å². The van der Waals surface area contributed by atoms with E-state index in [2.05, 4.69) is 52.7 Å². The number of methoxy groups -OCH3 is 1. The molecule has 0 saturated carbocycles. The summed E-state index contributed by atoms with van der Waals surface area (Å²) in [5, 5.41) is 5.86. The summed E-state index contributed by atoms with van der Waals surface area (Å²) in [7, 11) is 1.68. The maximum Gasteiger partial charge on any atom is 0.137 e. The Hall–Kier alpha value is -2.85. The first-order valence-electron chi connectivity index (χ1n) is 9.01. The molecule has 1 saturated heterocycles. The second-order valence-corrected chi connectivity index (χ2v) is 6.44. The second kappa shape index (κ2) is 7.58. The first-order valence-corrected chi connectivity index (χ1v) is 9.01. The number of ether oxygens (including phenoxy) is 1. The third kappa shape index (κ3) is 3.55. The fraction of sp³-hybridized carbons (Fsp3) is 0.227. The van der Waals surface area contributed by atoms with Crippen LogP contribution in [0.1, 0.15) is 11.3 Å². The van der Waals surface area contributed by atoms with E-state index in [0.717, 1.165) is 49.0 Å². The molecule has 0 aliphatic carbocycles. The average molecular weight is 345 g/mol. The highest BCUT2D eigenvalue weighted by molar-refractivity contribution is 5.94. The largest absolute Gasteiger partial charge is 0.497 e. The van der Waals surface area contributed by atoms with E-state index in [-0.39, 0.29) is 0 Å². The van der Waals surface area contributed by atoms with Crippen molar-refractivity contribution in [2.24, 2.45) is 0 Å². The van der Waals surface area contributed by atoms with Gasteiger partial charge in [-0.05, 0) is 35.2 Å². The molecule has 0 atom stereocenters. The quantitative estimate of drug-likeness (QED) is 0.780. The van der Waals surface area contributed by atoms with Crippen LogP contribution in [0, 0.1) is 0 Å². The van der Waals surface area contributed by atoms with Gasteiger partial charge >= 0.3 is 0 Å². The molecule has 0 spiro atoms. The molecule has 4 rings (SSSR count). The molecule has 0 unspecified atom stereocenters. The zero-order valence-corrected chi connectivity index (χ0v) is 15.0. The van der Waals surface area contributed by atoms with Gasteiger partial charge in [0.2, 0.25) is 0 Å². The molecular weight excluding hydrogens is 322 g/mol. The van der Waals surface area contributed by atoms with Crippen LogP contribution < -0.4 is 15.0 Å². The van der Waals surface area contributed by atoms with Crippen molar-refractivity contribution in [3.05, 3.63) is 65.9 Å². The number of nitrogens with zero attached hydrogens (tertiary/aromatic N) is 2. The van der Waals surface area contributed by atoms with Crippen LogP contribution >= 0.6 is 0 Å². The highest BCUT2D eigenvalue weighted by atomic mass is 16.5. The van der Waals surface area contributed by atoms with E-state index in [9.17, 15) is 0 Å². The van der Waals surface area contributed by atoms with E-state index < -0.39 is 0 Å². The minimum absolute atomic E-state index is 0.868. The van der Waals surface area contributed by atoms with Crippen LogP contribution in [0.15, 0.2) is 54.6 Å². The molecule has 0 radical (unpaired) electrons. The van der Waals surface area contributed by atoms with Crippen LogP contribution in [-0.2, 0) is 0 Å². The van der Waals surface area contributed by atoms with Crippen molar-refractivity contribution in [1.29, 1.82) is 0 Å². The minimum Gasteiger partial charge on any atom is -0.497 e. The van der Waals surface area contributed by atoms with Crippen LogP contribution in [0.2, 0.25) is 0 Å². The van der Waals surface area contributed by atoms with Gasteiger partial charge in [0.25, 0.3) is 0 Å². The fourth-order valence-corrected chi connectivity index (χ4v) is 3.30. The maximum absolute atomic E-state index is 5.22. The van der Waals surface area contributed by atoms with Gasteiger partial charge in [0.15, 0.2) is 0 Å². The Morgan fingerprint density at radius 2 is 1.77 bits per heavy atom. The summed E-state index contributed by atoms with van der Waals surface area (Å²) in [6.07, 6.45) is 4.18. The van der Waals surface area contributed by atoms with Crippen LogP contribution in [-0.4, -0.2) is 38.3 Å². The van der Waals surface area contributed by atoms with E-state index >= 15 is 0 Å². The van der Waals surface area contributed by atoms with E-state index in [1.165, 1.54) is 10.8 Å². The number of piperazine rings is 1. The van der Waals surface area contributed by atoms with Gasteiger partial charge in [0.1, 0.15) is 11.6 Å². The Balaban J connectivity index is 1.69. The maximum atomic E-state index is 5.22. The molecule has 1 fully saturated rings. The van der Waals surface area contributed by atoms with Crippen molar-refractivity contribution in [2.75, 3.05) is 38.2 Å². The molecule has 4 heteroatoms. The van der Waals surface area contributed by atoms with Gasteiger partial charge in [-0.15, -0.1) is 0 Å². The Kier molecular flexibility index (Phi) is 4.84. The third-order valence-electron chi connectivity index (χ3n) is 4.72. The minimum atomic E-state index is 0.868. The Morgan fingerprint density at radius 1 is 1.00 bits per heavy atom. The molecule has 0 bridgehead atoms. The Bertz CT molecular complexity index is 912. The summed E-state index contributed by atoms with van der Waals surface area (Å²) in [5.74, 6) is 1.95. The van der Waals surface area contributed by atoms with Crippen molar-refractivity contribution in [3.63, 3.8) is 0 Å². The lowest BCUT2D eigenvalue weighted by molar-refractivity contribution is 0.415. The summed E-state index contributed by atoms with van der Waals surface area (Å²) in [6.45, 7) is 3.98. The zero-order valence-electron chi connectivity index (χ0n) is 15.0. The van der Waals surface area contributed by atoms with Crippen molar-refractivity contribution in [3.8, 4) is 5.75 Å². The molecule has 2 heterocycles. The number of hydrogen-bond acceptors (Lipinski definition) is 4.